The van der Waals surface area contributed by atoms with Crippen molar-refractivity contribution in [2.45, 2.75) is 4.90 Å². The Bertz CT molecular complexity index is 372. The highest BCUT2D eigenvalue weighted by Gasteiger charge is 2.14. The van der Waals surface area contributed by atoms with Gasteiger partial charge in [0, 0.05) is 17.2 Å². The largest absolute Gasteiger partial charge is 0.306 e. The Morgan fingerprint density at radius 3 is 2.92 bits per heavy atom. The minimum Gasteiger partial charge on any atom is -0.258 e. The van der Waals surface area contributed by atoms with Gasteiger partial charge in [-0.3, -0.25) is 10.1 Å². The zero-order valence-electron chi connectivity index (χ0n) is 5.76. The van der Waals surface area contributed by atoms with Gasteiger partial charge in [0.1, 0.15) is 6.07 Å². The highest BCUT2D eigenvalue weighted by Crippen LogP contribution is 2.18. The summed E-state index contributed by atoms with van der Waals surface area (Å²) in [6.07, 6.45) is 1.29. The van der Waals surface area contributed by atoms with Crippen molar-refractivity contribution in [3.8, 4) is 6.07 Å². The number of nitrogens with zero attached hydrogens (tertiary/aromatic N) is 3. The zero-order valence-corrected chi connectivity index (χ0v) is 6.65. The van der Waals surface area contributed by atoms with Gasteiger partial charge in [0.15, 0.2) is 0 Å². The standard InChI is InChI=1S/C6H3N3O2S/c7-2-5-6(9(10)11)1-4(12)3-8-5/h1,3,12H. The maximum absolute atomic E-state index is 10.3. The number of nitro groups is 1. The number of hydrogen-bond acceptors (Lipinski definition) is 5. The van der Waals surface area contributed by atoms with Crippen molar-refractivity contribution in [2.24, 2.45) is 0 Å². The van der Waals surface area contributed by atoms with Crippen LogP contribution in [0.25, 0.3) is 0 Å². The molecule has 6 heteroatoms. The average molecular weight is 181 g/mol. The molecule has 60 valence electrons. The molecular weight excluding hydrogens is 178 g/mol. The molecule has 0 atom stereocenters. The third-order valence-corrected chi connectivity index (χ3v) is 1.40. The second-order valence-corrected chi connectivity index (χ2v) is 2.45. The Kier molecular flexibility index (Phi) is 2.26. The predicted molar refractivity (Wildman–Crippen MR) is 42.9 cm³/mol. The van der Waals surface area contributed by atoms with Gasteiger partial charge in [-0.1, -0.05) is 0 Å². The summed E-state index contributed by atoms with van der Waals surface area (Å²) in [5.41, 5.74) is -0.511. The Labute approximate surface area is 73.2 Å². The predicted octanol–water partition coefficient (Wildman–Crippen LogP) is 1.15. The highest BCUT2D eigenvalue weighted by molar-refractivity contribution is 7.80. The number of rotatable bonds is 1. The Morgan fingerprint density at radius 2 is 2.42 bits per heavy atom. The summed E-state index contributed by atoms with van der Waals surface area (Å²) in [6, 6.07) is 2.81. The summed E-state index contributed by atoms with van der Waals surface area (Å²) in [4.78, 5) is 13.6. The minimum absolute atomic E-state index is 0.196. The van der Waals surface area contributed by atoms with Crippen molar-refractivity contribution in [2.75, 3.05) is 0 Å². The lowest BCUT2D eigenvalue weighted by Crippen LogP contribution is -1.94. The third kappa shape index (κ3) is 1.52. The van der Waals surface area contributed by atoms with Gasteiger partial charge in [0.2, 0.25) is 5.69 Å². The highest BCUT2D eigenvalue weighted by atomic mass is 32.1. The smallest absolute Gasteiger partial charge is 0.258 e. The third-order valence-electron chi connectivity index (χ3n) is 1.16. The van der Waals surface area contributed by atoms with Crippen LogP contribution in [0.4, 0.5) is 5.69 Å². The van der Waals surface area contributed by atoms with Crippen LogP contribution < -0.4 is 0 Å². The molecule has 5 nitrogen and oxygen atoms in total. The molecule has 0 unspecified atom stereocenters. The van der Waals surface area contributed by atoms with E-state index < -0.39 is 4.92 Å². The zero-order chi connectivity index (χ0) is 9.14. The number of nitriles is 1. The lowest BCUT2D eigenvalue weighted by Gasteiger charge is -1.93. The normalized spacial score (nSPS) is 9.00. The van der Waals surface area contributed by atoms with Crippen LogP contribution in [-0.2, 0) is 0 Å². The SMILES string of the molecule is N#Cc1ncc(S)cc1[N+](=O)[O-]. The van der Waals surface area contributed by atoms with Gasteiger partial charge in [0.25, 0.3) is 0 Å². The first-order chi connectivity index (χ1) is 5.65. The van der Waals surface area contributed by atoms with Gasteiger partial charge >= 0.3 is 5.69 Å². The van der Waals surface area contributed by atoms with Crippen LogP contribution in [0, 0.1) is 21.4 Å². The molecule has 0 fully saturated rings. The molecule has 0 amide bonds. The molecule has 0 aliphatic heterocycles. The Morgan fingerprint density at radius 1 is 1.75 bits per heavy atom. The van der Waals surface area contributed by atoms with Crippen LogP contribution in [0.1, 0.15) is 5.69 Å². The van der Waals surface area contributed by atoms with Crippen molar-refractivity contribution in [3.63, 3.8) is 0 Å². The van der Waals surface area contributed by atoms with Gasteiger partial charge in [-0.15, -0.1) is 12.6 Å². The maximum Gasteiger partial charge on any atom is 0.306 e. The van der Waals surface area contributed by atoms with Crippen molar-refractivity contribution in [3.05, 3.63) is 28.1 Å². The summed E-state index contributed by atoms with van der Waals surface area (Å²) in [5.74, 6) is 0. The molecule has 1 rings (SSSR count). The first-order valence-electron chi connectivity index (χ1n) is 2.88. The fourth-order valence-corrected chi connectivity index (χ4v) is 0.848. The van der Waals surface area contributed by atoms with Gasteiger partial charge in [-0.2, -0.15) is 5.26 Å². The van der Waals surface area contributed by atoms with Crippen LogP contribution >= 0.6 is 12.6 Å². The van der Waals surface area contributed by atoms with E-state index in [0.29, 0.717) is 4.90 Å². The van der Waals surface area contributed by atoms with E-state index in [1.807, 2.05) is 0 Å². The van der Waals surface area contributed by atoms with E-state index in [2.05, 4.69) is 17.6 Å². The quantitative estimate of drug-likeness (QED) is 0.400. The number of thiol groups is 1. The van der Waals surface area contributed by atoms with Crippen LogP contribution in [0.2, 0.25) is 0 Å². The topological polar surface area (TPSA) is 79.8 Å². The summed E-state index contributed by atoms with van der Waals surface area (Å²) in [7, 11) is 0. The molecule has 0 aliphatic carbocycles. The molecule has 0 saturated heterocycles. The Balaban J connectivity index is 3.34. The van der Waals surface area contributed by atoms with E-state index in [1.165, 1.54) is 12.3 Å². The lowest BCUT2D eigenvalue weighted by atomic mass is 10.3. The number of hydrogen-bond donors (Lipinski definition) is 1. The second kappa shape index (κ2) is 3.19. The molecule has 1 aromatic rings. The molecule has 1 aromatic heterocycles. The minimum atomic E-state index is -0.661. The van der Waals surface area contributed by atoms with Crippen LogP contribution in [0.5, 0.6) is 0 Å². The molecule has 0 bridgehead atoms. The van der Waals surface area contributed by atoms with Crippen molar-refractivity contribution in [1.29, 1.82) is 5.26 Å². The molecule has 0 aromatic carbocycles. The van der Waals surface area contributed by atoms with E-state index in [4.69, 9.17) is 5.26 Å². The summed E-state index contributed by atoms with van der Waals surface area (Å²) < 4.78 is 0. The molecule has 12 heavy (non-hydrogen) atoms. The monoisotopic (exact) mass is 181 g/mol. The first-order valence-corrected chi connectivity index (χ1v) is 3.33. The molecule has 1 heterocycles. The number of pyridine rings is 1. The number of aromatic nitrogens is 1. The molecule has 0 saturated carbocycles. The van der Waals surface area contributed by atoms with Crippen LogP contribution in [-0.4, -0.2) is 9.91 Å². The van der Waals surface area contributed by atoms with Crippen molar-refractivity contribution < 1.29 is 4.92 Å². The van der Waals surface area contributed by atoms with E-state index >= 15 is 0 Å². The first kappa shape index (κ1) is 8.49. The van der Waals surface area contributed by atoms with Gasteiger partial charge in [-0.05, 0) is 0 Å². The van der Waals surface area contributed by atoms with Crippen LogP contribution in [0.15, 0.2) is 17.2 Å². The van der Waals surface area contributed by atoms with Crippen LogP contribution in [0.3, 0.4) is 0 Å². The van der Waals surface area contributed by atoms with Gasteiger partial charge in [-0.25, -0.2) is 4.98 Å². The van der Waals surface area contributed by atoms with Gasteiger partial charge < -0.3 is 0 Å². The van der Waals surface area contributed by atoms with E-state index in [0.717, 1.165) is 0 Å². The fourth-order valence-electron chi connectivity index (χ4n) is 0.668. The van der Waals surface area contributed by atoms with Crippen molar-refractivity contribution in [1.82, 2.24) is 4.98 Å². The van der Waals surface area contributed by atoms with Crippen molar-refractivity contribution >= 4 is 18.3 Å². The summed E-state index contributed by atoms with van der Waals surface area (Å²) in [5, 5.41) is 18.7. The second-order valence-electron chi connectivity index (χ2n) is 1.93. The molecular formula is C6H3N3O2S. The average Bonchev–Trinajstić information content (AvgIpc) is 2.04. The Hall–Kier alpha value is -1.61. The molecule has 0 spiro atoms. The fraction of sp³-hybridized carbons (Fsp3) is 0. The molecule has 0 radical (unpaired) electrons. The maximum atomic E-state index is 10.3. The molecule has 0 N–H and O–H groups in total. The summed E-state index contributed by atoms with van der Waals surface area (Å²) in [6.45, 7) is 0. The molecule has 0 aliphatic rings. The van der Waals surface area contributed by atoms with E-state index in [9.17, 15) is 10.1 Å². The summed E-state index contributed by atoms with van der Waals surface area (Å²) >= 11 is 3.86. The van der Waals surface area contributed by atoms with Gasteiger partial charge in [0.05, 0.1) is 4.92 Å². The lowest BCUT2D eigenvalue weighted by molar-refractivity contribution is -0.385. The van der Waals surface area contributed by atoms with E-state index in [1.54, 1.807) is 6.07 Å². The van der Waals surface area contributed by atoms with E-state index in [-0.39, 0.29) is 11.4 Å².